The lowest BCUT2D eigenvalue weighted by Crippen LogP contribution is -1.96. The Balaban J connectivity index is 1.75. The average molecular weight is 280 g/mol. The first-order chi connectivity index (χ1) is 10.3. The monoisotopic (exact) mass is 280 g/mol. The zero-order chi connectivity index (χ0) is 14.9. The van der Waals surface area contributed by atoms with Crippen molar-refractivity contribution in [2.75, 3.05) is 13.7 Å². The molecular formula is C19H20O2. The number of rotatable bonds is 7. The van der Waals surface area contributed by atoms with E-state index in [2.05, 4.69) is 18.7 Å². The fraction of sp³-hybridized carbons (Fsp3) is 0.158. The summed E-state index contributed by atoms with van der Waals surface area (Å²) >= 11 is 0. The Bertz CT molecular complexity index is 583. The van der Waals surface area contributed by atoms with Crippen molar-refractivity contribution in [3.05, 3.63) is 84.0 Å². The molecule has 108 valence electrons. The highest BCUT2D eigenvalue weighted by atomic mass is 16.5. The molecule has 0 aliphatic heterocycles. The number of hydrogen-bond acceptors (Lipinski definition) is 2. The molecule has 2 rings (SSSR count). The fourth-order valence-corrected chi connectivity index (χ4v) is 1.85. The van der Waals surface area contributed by atoms with Crippen LogP contribution in [0.5, 0.6) is 5.75 Å². The molecule has 0 heterocycles. The molecule has 0 fully saturated rings. The van der Waals surface area contributed by atoms with E-state index in [1.807, 2.05) is 54.6 Å². The smallest absolute Gasteiger partial charge is 0.118 e. The molecule has 0 atom stereocenters. The van der Waals surface area contributed by atoms with Crippen molar-refractivity contribution in [2.24, 2.45) is 0 Å². The first-order valence-corrected chi connectivity index (χ1v) is 6.89. The van der Waals surface area contributed by atoms with Crippen LogP contribution in [0.4, 0.5) is 0 Å². The first-order valence-electron chi connectivity index (χ1n) is 6.89. The summed E-state index contributed by atoms with van der Waals surface area (Å²) in [5.41, 5.74) is 3.23. The lowest BCUT2D eigenvalue weighted by atomic mass is 10.2. The van der Waals surface area contributed by atoms with Crippen molar-refractivity contribution in [3.8, 4) is 5.75 Å². The highest BCUT2D eigenvalue weighted by Crippen LogP contribution is 2.12. The van der Waals surface area contributed by atoms with Gasteiger partial charge in [-0.1, -0.05) is 61.2 Å². The summed E-state index contributed by atoms with van der Waals surface area (Å²) in [5.74, 6) is 0.856. The molecule has 0 N–H and O–H groups in total. The van der Waals surface area contributed by atoms with Crippen molar-refractivity contribution in [2.45, 2.75) is 6.61 Å². The maximum Gasteiger partial charge on any atom is 0.118 e. The van der Waals surface area contributed by atoms with E-state index in [1.165, 1.54) is 0 Å². The van der Waals surface area contributed by atoms with E-state index in [-0.39, 0.29) is 0 Å². The van der Waals surface area contributed by atoms with Crippen LogP contribution in [0.2, 0.25) is 0 Å². The highest BCUT2D eigenvalue weighted by molar-refractivity contribution is 5.52. The minimum absolute atomic E-state index is 0.523. The molecule has 2 aromatic rings. The first kappa shape index (κ1) is 15.1. The summed E-state index contributed by atoms with van der Waals surface area (Å²) in [7, 11) is 1.66. The van der Waals surface area contributed by atoms with Gasteiger partial charge in [0, 0.05) is 0 Å². The van der Waals surface area contributed by atoms with Crippen LogP contribution in [0.15, 0.2) is 72.8 Å². The molecule has 0 aromatic heterocycles. The highest BCUT2D eigenvalue weighted by Gasteiger charge is 1.96. The van der Waals surface area contributed by atoms with Gasteiger partial charge in [0.25, 0.3) is 0 Å². The predicted molar refractivity (Wildman–Crippen MR) is 87.3 cm³/mol. The number of methoxy groups -OCH3 is 1. The van der Waals surface area contributed by atoms with E-state index in [9.17, 15) is 0 Å². The molecule has 0 saturated heterocycles. The Morgan fingerprint density at radius 1 is 1.05 bits per heavy atom. The third-order valence-electron chi connectivity index (χ3n) is 3.03. The molecule has 0 radical (unpaired) electrons. The van der Waals surface area contributed by atoms with Gasteiger partial charge in [-0.2, -0.15) is 0 Å². The van der Waals surface area contributed by atoms with Crippen LogP contribution >= 0.6 is 0 Å². The zero-order valence-corrected chi connectivity index (χ0v) is 12.3. The summed E-state index contributed by atoms with van der Waals surface area (Å²) in [6, 6.07) is 18.0. The standard InChI is InChI=1S/C19H20O2/c1-16(8-9-17-6-4-3-5-7-17)14-21-15-18-10-12-19(20-2)13-11-18/h3-13H,1,14-15H2,2H3/b9-8+. The van der Waals surface area contributed by atoms with Gasteiger partial charge in [0.15, 0.2) is 0 Å². The van der Waals surface area contributed by atoms with Gasteiger partial charge in [0.1, 0.15) is 5.75 Å². The van der Waals surface area contributed by atoms with Gasteiger partial charge in [-0.15, -0.1) is 0 Å². The van der Waals surface area contributed by atoms with Crippen molar-refractivity contribution in [3.63, 3.8) is 0 Å². The Morgan fingerprint density at radius 3 is 2.43 bits per heavy atom. The maximum absolute atomic E-state index is 5.65. The van der Waals surface area contributed by atoms with E-state index in [1.54, 1.807) is 7.11 Å². The lowest BCUT2D eigenvalue weighted by molar-refractivity contribution is 0.144. The van der Waals surface area contributed by atoms with Crippen molar-refractivity contribution in [1.29, 1.82) is 0 Å². The van der Waals surface area contributed by atoms with Crippen molar-refractivity contribution in [1.82, 2.24) is 0 Å². The van der Waals surface area contributed by atoms with E-state index < -0.39 is 0 Å². The molecule has 0 unspecified atom stereocenters. The fourth-order valence-electron chi connectivity index (χ4n) is 1.85. The Morgan fingerprint density at radius 2 is 1.76 bits per heavy atom. The second kappa shape index (κ2) is 8.08. The van der Waals surface area contributed by atoms with Crippen LogP contribution in [0, 0.1) is 0 Å². The summed E-state index contributed by atoms with van der Waals surface area (Å²) < 4.78 is 10.8. The van der Waals surface area contributed by atoms with Gasteiger partial charge in [-0.3, -0.25) is 0 Å². The van der Waals surface area contributed by atoms with Crippen LogP contribution in [-0.4, -0.2) is 13.7 Å². The second-order valence-corrected chi connectivity index (χ2v) is 4.74. The van der Waals surface area contributed by atoms with E-state index in [0.29, 0.717) is 13.2 Å². The molecule has 0 saturated carbocycles. The third-order valence-corrected chi connectivity index (χ3v) is 3.03. The van der Waals surface area contributed by atoms with Crippen molar-refractivity contribution >= 4 is 6.08 Å². The maximum atomic E-state index is 5.65. The van der Waals surface area contributed by atoms with Gasteiger partial charge in [0.2, 0.25) is 0 Å². The van der Waals surface area contributed by atoms with E-state index >= 15 is 0 Å². The van der Waals surface area contributed by atoms with Crippen LogP contribution in [0.1, 0.15) is 11.1 Å². The normalized spacial score (nSPS) is 10.7. The molecule has 2 heteroatoms. The SMILES string of the molecule is C=C(/C=C/c1ccccc1)COCc1ccc(OC)cc1. The molecule has 0 amide bonds. The Kier molecular flexibility index (Phi) is 5.80. The third kappa shape index (κ3) is 5.28. The molecule has 21 heavy (non-hydrogen) atoms. The quantitative estimate of drug-likeness (QED) is 0.696. The summed E-state index contributed by atoms with van der Waals surface area (Å²) in [4.78, 5) is 0. The summed E-state index contributed by atoms with van der Waals surface area (Å²) in [6.07, 6.45) is 4.03. The van der Waals surface area contributed by atoms with Gasteiger partial charge in [-0.25, -0.2) is 0 Å². The predicted octanol–water partition coefficient (Wildman–Crippen LogP) is 4.48. The van der Waals surface area contributed by atoms with Crippen molar-refractivity contribution < 1.29 is 9.47 Å². The van der Waals surface area contributed by atoms with Crippen LogP contribution in [0.25, 0.3) is 6.08 Å². The van der Waals surface area contributed by atoms with Gasteiger partial charge in [0.05, 0.1) is 20.3 Å². The minimum Gasteiger partial charge on any atom is -0.497 e. The number of hydrogen-bond donors (Lipinski definition) is 0. The van der Waals surface area contributed by atoms with Gasteiger partial charge < -0.3 is 9.47 Å². The van der Waals surface area contributed by atoms with E-state index in [0.717, 1.165) is 22.4 Å². The molecule has 2 aromatic carbocycles. The lowest BCUT2D eigenvalue weighted by Gasteiger charge is -2.05. The Hall–Kier alpha value is -2.32. The topological polar surface area (TPSA) is 18.5 Å². The molecule has 2 nitrogen and oxygen atoms in total. The van der Waals surface area contributed by atoms with E-state index in [4.69, 9.17) is 9.47 Å². The minimum atomic E-state index is 0.523. The molecule has 0 bridgehead atoms. The molecule has 0 aliphatic carbocycles. The van der Waals surface area contributed by atoms with Crippen LogP contribution in [0.3, 0.4) is 0 Å². The number of benzene rings is 2. The van der Waals surface area contributed by atoms with Crippen LogP contribution in [-0.2, 0) is 11.3 Å². The zero-order valence-electron chi connectivity index (χ0n) is 12.3. The van der Waals surface area contributed by atoms with Gasteiger partial charge in [-0.05, 0) is 28.8 Å². The van der Waals surface area contributed by atoms with Crippen LogP contribution < -0.4 is 4.74 Å². The molecule has 0 spiro atoms. The largest absolute Gasteiger partial charge is 0.497 e. The second-order valence-electron chi connectivity index (χ2n) is 4.74. The average Bonchev–Trinajstić information content (AvgIpc) is 2.54. The summed E-state index contributed by atoms with van der Waals surface area (Å²) in [6.45, 7) is 5.09. The molecule has 0 aliphatic rings. The number of ether oxygens (including phenoxy) is 2. The molecular weight excluding hydrogens is 260 g/mol. The Labute approximate surface area is 126 Å². The van der Waals surface area contributed by atoms with Gasteiger partial charge >= 0.3 is 0 Å². The summed E-state index contributed by atoms with van der Waals surface area (Å²) in [5, 5.41) is 0.